The third-order valence-corrected chi connectivity index (χ3v) is 4.15. The van der Waals surface area contributed by atoms with Crippen molar-refractivity contribution in [1.29, 1.82) is 0 Å². The van der Waals surface area contributed by atoms with Crippen LogP contribution in [-0.2, 0) is 13.0 Å². The van der Waals surface area contributed by atoms with E-state index in [1.165, 1.54) is 10.4 Å². The van der Waals surface area contributed by atoms with E-state index >= 15 is 0 Å². The molecule has 0 aliphatic rings. The Bertz CT molecular complexity index is 497. The number of aryl methyl sites for hydroxylation is 2. The number of nitrogens with two attached hydrogens (primary N) is 1. The van der Waals surface area contributed by atoms with E-state index in [1.807, 2.05) is 4.68 Å². The summed E-state index contributed by atoms with van der Waals surface area (Å²) in [6.07, 6.45) is 2.73. The summed E-state index contributed by atoms with van der Waals surface area (Å²) >= 11 is 1.70. The van der Waals surface area contributed by atoms with Gasteiger partial charge >= 0.3 is 0 Å². The van der Waals surface area contributed by atoms with Gasteiger partial charge in [0.2, 0.25) is 0 Å². The summed E-state index contributed by atoms with van der Waals surface area (Å²) in [4.78, 5) is 1.20. The molecule has 2 aromatic rings. The molecule has 2 heterocycles. The van der Waals surface area contributed by atoms with Gasteiger partial charge in [0.05, 0.1) is 19.3 Å². The van der Waals surface area contributed by atoms with Gasteiger partial charge in [0.1, 0.15) is 5.69 Å². The van der Waals surface area contributed by atoms with Gasteiger partial charge in [-0.3, -0.25) is 4.68 Å². The molecule has 2 rings (SSSR count). The molecule has 2 N–H and O–H groups in total. The molecule has 0 saturated carbocycles. The molecule has 5 heteroatoms. The maximum Gasteiger partial charge on any atom is 0.161 e. The fourth-order valence-electron chi connectivity index (χ4n) is 2.14. The van der Waals surface area contributed by atoms with E-state index in [-0.39, 0.29) is 6.04 Å². The highest BCUT2D eigenvalue weighted by Crippen LogP contribution is 2.33. The van der Waals surface area contributed by atoms with Crippen LogP contribution in [0.1, 0.15) is 36.0 Å². The lowest BCUT2D eigenvalue weighted by atomic mass is 10.1. The number of hydrogen-bond acceptors (Lipinski definition) is 4. The Morgan fingerprint density at radius 2 is 2.28 bits per heavy atom. The number of rotatable bonds is 5. The minimum Gasteiger partial charge on any atom is -0.493 e. The third-order valence-electron chi connectivity index (χ3n) is 3.10. The first-order chi connectivity index (χ1) is 8.72. The van der Waals surface area contributed by atoms with Gasteiger partial charge in [0.25, 0.3) is 0 Å². The predicted octanol–water partition coefficient (Wildman–Crippen LogP) is 2.58. The summed E-state index contributed by atoms with van der Waals surface area (Å²) in [5.41, 5.74) is 8.66. The van der Waals surface area contributed by atoms with Gasteiger partial charge in [-0.2, -0.15) is 5.10 Å². The van der Waals surface area contributed by atoms with Crippen molar-refractivity contribution < 1.29 is 4.74 Å². The summed E-state index contributed by atoms with van der Waals surface area (Å²) in [5, 5.41) is 6.40. The van der Waals surface area contributed by atoms with Crippen LogP contribution in [0.3, 0.4) is 0 Å². The van der Waals surface area contributed by atoms with Crippen molar-refractivity contribution in [2.75, 3.05) is 7.11 Å². The lowest BCUT2D eigenvalue weighted by Gasteiger charge is -2.15. The first-order valence-corrected chi connectivity index (χ1v) is 7.02. The standard InChI is InChI=1S/C13H19N3OS/c1-4-9-6-7-18-13(9)11(14)12-10(17-3)8-15-16(12)5-2/h6-8,11H,4-5,14H2,1-3H3. The van der Waals surface area contributed by atoms with E-state index in [1.54, 1.807) is 24.6 Å². The van der Waals surface area contributed by atoms with Crippen LogP contribution in [0, 0.1) is 0 Å². The average Bonchev–Trinajstić information content (AvgIpc) is 3.03. The van der Waals surface area contributed by atoms with E-state index in [0.717, 1.165) is 24.4 Å². The van der Waals surface area contributed by atoms with Crippen molar-refractivity contribution in [2.45, 2.75) is 32.9 Å². The van der Waals surface area contributed by atoms with E-state index in [4.69, 9.17) is 10.5 Å². The van der Waals surface area contributed by atoms with Gasteiger partial charge < -0.3 is 10.5 Å². The fourth-order valence-corrected chi connectivity index (χ4v) is 3.14. The Hall–Kier alpha value is -1.33. The third kappa shape index (κ3) is 2.15. The molecule has 1 atom stereocenters. The smallest absolute Gasteiger partial charge is 0.161 e. The Balaban J connectivity index is 2.44. The molecule has 0 aliphatic carbocycles. The van der Waals surface area contributed by atoms with Crippen LogP contribution in [-0.4, -0.2) is 16.9 Å². The summed E-state index contributed by atoms with van der Waals surface area (Å²) in [7, 11) is 1.66. The summed E-state index contributed by atoms with van der Waals surface area (Å²) in [6, 6.07) is 1.97. The molecule has 4 nitrogen and oxygen atoms in total. The first kappa shape index (κ1) is 13.1. The van der Waals surface area contributed by atoms with Crippen LogP contribution in [0.4, 0.5) is 0 Å². The van der Waals surface area contributed by atoms with E-state index in [0.29, 0.717) is 0 Å². The Morgan fingerprint density at radius 3 is 2.89 bits per heavy atom. The van der Waals surface area contributed by atoms with E-state index in [9.17, 15) is 0 Å². The molecule has 0 radical (unpaired) electrons. The van der Waals surface area contributed by atoms with Gasteiger partial charge in [-0.25, -0.2) is 0 Å². The van der Waals surface area contributed by atoms with Crippen molar-refractivity contribution in [3.63, 3.8) is 0 Å². The second-order valence-corrected chi connectivity index (χ2v) is 5.00. The maximum atomic E-state index is 6.40. The normalized spacial score (nSPS) is 12.7. The van der Waals surface area contributed by atoms with Crippen LogP contribution in [0.2, 0.25) is 0 Å². The Labute approximate surface area is 111 Å². The topological polar surface area (TPSA) is 53.1 Å². The van der Waals surface area contributed by atoms with Crippen molar-refractivity contribution in [2.24, 2.45) is 5.73 Å². The fraction of sp³-hybridized carbons (Fsp3) is 0.462. The molecule has 0 bridgehead atoms. The monoisotopic (exact) mass is 265 g/mol. The van der Waals surface area contributed by atoms with Gasteiger partial charge in [-0.1, -0.05) is 6.92 Å². The molecule has 0 saturated heterocycles. The molecular formula is C13H19N3OS. The second-order valence-electron chi connectivity index (χ2n) is 4.06. The second kappa shape index (κ2) is 5.54. The van der Waals surface area contributed by atoms with Gasteiger partial charge in [-0.05, 0) is 30.4 Å². The van der Waals surface area contributed by atoms with Crippen molar-refractivity contribution in [3.8, 4) is 5.75 Å². The van der Waals surface area contributed by atoms with Crippen LogP contribution >= 0.6 is 11.3 Å². The van der Waals surface area contributed by atoms with Crippen LogP contribution in [0.15, 0.2) is 17.6 Å². The highest BCUT2D eigenvalue weighted by Gasteiger charge is 2.22. The number of methoxy groups -OCH3 is 1. The first-order valence-electron chi connectivity index (χ1n) is 6.14. The number of hydrogen-bond donors (Lipinski definition) is 1. The summed E-state index contributed by atoms with van der Waals surface area (Å²) in [6.45, 7) is 4.99. The minimum absolute atomic E-state index is 0.169. The molecule has 18 heavy (non-hydrogen) atoms. The Morgan fingerprint density at radius 1 is 1.50 bits per heavy atom. The number of thiophene rings is 1. The molecule has 1 unspecified atom stereocenters. The molecule has 0 fully saturated rings. The summed E-state index contributed by atoms with van der Waals surface area (Å²) < 4.78 is 7.27. The molecule has 0 aromatic carbocycles. The molecule has 0 aliphatic heterocycles. The molecule has 98 valence electrons. The number of nitrogens with zero attached hydrogens (tertiary/aromatic N) is 2. The van der Waals surface area contributed by atoms with Crippen LogP contribution in [0.5, 0.6) is 5.75 Å². The minimum atomic E-state index is -0.169. The molecular weight excluding hydrogens is 246 g/mol. The summed E-state index contributed by atoms with van der Waals surface area (Å²) in [5.74, 6) is 0.764. The SMILES string of the molecule is CCc1ccsc1C(N)c1c(OC)cnn1CC. The highest BCUT2D eigenvalue weighted by molar-refractivity contribution is 7.10. The predicted molar refractivity (Wildman–Crippen MR) is 74.2 cm³/mol. The lowest BCUT2D eigenvalue weighted by molar-refractivity contribution is 0.405. The van der Waals surface area contributed by atoms with Gasteiger partial charge in [0, 0.05) is 11.4 Å². The quantitative estimate of drug-likeness (QED) is 0.904. The van der Waals surface area contributed by atoms with Gasteiger partial charge in [0.15, 0.2) is 5.75 Å². The van der Waals surface area contributed by atoms with E-state index in [2.05, 4.69) is 30.4 Å². The van der Waals surface area contributed by atoms with Crippen molar-refractivity contribution in [1.82, 2.24) is 9.78 Å². The largest absolute Gasteiger partial charge is 0.493 e. The van der Waals surface area contributed by atoms with Crippen LogP contribution in [0.25, 0.3) is 0 Å². The van der Waals surface area contributed by atoms with Crippen molar-refractivity contribution >= 4 is 11.3 Å². The van der Waals surface area contributed by atoms with E-state index < -0.39 is 0 Å². The Kier molecular flexibility index (Phi) is 4.04. The molecule has 2 aromatic heterocycles. The maximum absolute atomic E-state index is 6.40. The number of ether oxygens (including phenoxy) is 1. The zero-order valence-corrected chi connectivity index (χ0v) is 11.8. The number of aromatic nitrogens is 2. The van der Waals surface area contributed by atoms with Gasteiger partial charge in [-0.15, -0.1) is 11.3 Å². The average molecular weight is 265 g/mol. The molecule has 0 amide bonds. The van der Waals surface area contributed by atoms with Crippen molar-refractivity contribution in [3.05, 3.63) is 33.8 Å². The van der Waals surface area contributed by atoms with Crippen LogP contribution < -0.4 is 10.5 Å². The highest BCUT2D eigenvalue weighted by atomic mass is 32.1. The molecule has 0 spiro atoms. The zero-order valence-electron chi connectivity index (χ0n) is 11.0. The lowest BCUT2D eigenvalue weighted by Crippen LogP contribution is -2.18. The zero-order chi connectivity index (χ0) is 13.1.